The lowest BCUT2D eigenvalue weighted by Crippen LogP contribution is -2.05. The Morgan fingerprint density at radius 2 is 1.82 bits per heavy atom. The van der Waals surface area contributed by atoms with Gasteiger partial charge in [-0.05, 0) is 39.0 Å². The highest BCUT2D eigenvalue weighted by Gasteiger charge is 2.19. The molecule has 4 aromatic rings. The number of hydrogen-bond acceptors (Lipinski definition) is 5. The molecule has 2 heterocycles. The first-order chi connectivity index (χ1) is 13.5. The number of rotatable bonds is 5. The molecule has 0 aliphatic carbocycles. The van der Waals surface area contributed by atoms with E-state index < -0.39 is 0 Å². The van der Waals surface area contributed by atoms with E-state index in [0.29, 0.717) is 16.9 Å². The van der Waals surface area contributed by atoms with Crippen molar-refractivity contribution in [3.05, 3.63) is 66.5 Å². The van der Waals surface area contributed by atoms with Crippen molar-refractivity contribution >= 4 is 28.5 Å². The van der Waals surface area contributed by atoms with Gasteiger partial charge < -0.3 is 9.88 Å². The van der Waals surface area contributed by atoms with Gasteiger partial charge in [0.05, 0.1) is 0 Å². The number of nitrogens with zero attached hydrogens (tertiary/aromatic N) is 4. The van der Waals surface area contributed by atoms with Gasteiger partial charge in [-0.3, -0.25) is 4.79 Å². The number of imidazole rings is 1. The van der Waals surface area contributed by atoms with E-state index in [0.717, 1.165) is 22.7 Å². The van der Waals surface area contributed by atoms with Crippen LogP contribution in [0.4, 0.5) is 11.5 Å². The SMILES string of the molecule is CC(=O)c1cccc(-c2nc3c(Nc4ccccc4)ncnc3n2C(C)C)c1. The van der Waals surface area contributed by atoms with E-state index in [1.165, 1.54) is 0 Å². The highest BCUT2D eigenvalue weighted by molar-refractivity contribution is 5.95. The third-order valence-electron chi connectivity index (χ3n) is 4.56. The average molecular weight is 371 g/mol. The summed E-state index contributed by atoms with van der Waals surface area (Å²) < 4.78 is 2.08. The van der Waals surface area contributed by atoms with Gasteiger partial charge in [0.25, 0.3) is 0 Å². The van der Waals surface area contributed by atoms with Crippen LogP contribution in [0.3, 0.4) is 0 Å². The maximum atomic E-state index is 11.8. The van der Waals surface area contributed by atoms with Crippen molar-refractivity contribution in [3.63, 3.8) is 0 Å². The van der Waals surface area contributed by atoms with Crippen molar-refractivity contribution in [1.29, 1.82) is 0 Å². The van der Waals surface area contributed by atoms with E-state index in [9.17, 15) is 4.79 Å². The van der Waals surface area contributed by atoms with Crippen molar-refractivity contribution in [2.75, 3.05) is 5.32 Å². The maximum absolute atomic E-state index is 11.8. The standard InChI is InChI=1S/C22H21N5O/c1-14(2)27-21(17-9-7-8-16(12-17)15(3)28)26-19-20(23-13-24-22(19)27)25-18-10-5-4-6-11-18/h4-14H,1-3H3,(H,23,24,25). The fourth-order valence-electron chi connectivity index (χ4n) is 3.23. The van der Waals surface area contributed by atoms with Crippen LogP contribution in [-0.4, -0.2) is 25.3 Å². The summed E-state index contributed by atoms with van der Waals surface area (Å²) in [5.41, 5.74) is 3.93. The third-order valence-corrected chi connectivity index (χ3v) is 4.56. The Balaban J connectivity index is 1.90. The summed E-state index contributed by atoms with van der Waals surface area (Å²) in [4.78, 5) is 25.6. The summed E-state index contributed by atoms with van der Waals surface area (Å²) in [6.45, 7) is 5.75. The molecule has 2 aromatic heterocycles. The van der Waals surface area contributed by atoms with Gasteiger partial charge in [-0.2, -0.15) is 0 Å². The van der Waals surface area contributed by atoms with Crippen LogP contribution in [0.15, 0.2) is 60.9 Å². The molecule has 0 radical (unpaired) electrons. The molecule has 4 rings (SSSR count). The lowest BCUT2D eigenvalue weighted by Gasteiger charge is -2.13. The van der Waals surface area contributed by atoms with Gasteiger partial charge in [-0.15, -0.1) is 0 Å². The minimum atomic E-state index is 0.0280. The molecule has 28 heavy (non-hydrogen) atoms. The van der Waals surface area contributed by atoms with Crippen LogP contribution in [0, 0.1) is 0 Å². The summed E-state index contributed by atoms with van der Waals surface area (Å²) in [7, 11) is 0. The van der Waals surface area contributed by atoms with Gasteiger partial charge in [0, 0.05) is 22.9 Å². The number of aromatic nitrogens is 4. The molecular formula is C22H21N5O. The Labute approximate surface area is 163 Å². The van der Waals surface area contributed by atoms with Crippen LogP contribution in [-0.2, 0) is 0 Å². The van der Waals surface area contributed by atoms with Crippen LogP contribution in [0.5, 0.6) is 0 Å². The zero-order valence-electron chi connectivity index (χ0n) is 16.0. The first-order valence-corrected chi connectivity index (χ1v) is 9.21. The second-order valence-electron chi connectivity index (χ2n) is 6.92. The molecule has 0 aliphatic heterocycles. The second kappa shape index (κ2) is 7.23. The highest BCUT2D eigenvalue weighted by Crippen LogP contribution is 2.31. The third kappa shape index (κ3) is 3.24. The number of benzene rings is 2. The van der Waals surface area contributed by atoms with Crippen molar-refractivity contribution in [2.45, 2.75) is 26.8 Å². The van der Waals surface area contributed by atoms with Gasteiger partial charge in [-0.1, -0.05) is 36.4 Å². The van der Waals surface area contributed by atoms with Crippen LogP contribution >= 0.6 is 0 Å². The van der Waals surface area contributed by atoms with E-state index in [2.05, 4.69) is 33.7 Å². The zero-order valence-corrected chi connectivity index (χ0v) is 16.0. The van der Waals surface area contributed by atoms with Gasteiger partial charge >= 0.3 is 0 Å². The highest BCUT2D eigenvalue weighted by atomic mass is 16.1. The lowest BCUT2D eigenvalue weighted by atomic mass is 10.1. The van der Waals surface area contributed by atoms with Crippen molar-refractivity contribution in [2.24, 2.45) is 0 Å². The average Bonchev–Trinajstić information content (AvgIpc) is 3.10. The van der Waals surface area contributed by atoms with E-state index >= 15 is 0 Å². The summed E-state index contributed by atoms with van der Waals surface area (Å²) in [6, 6.07) is 17.5. The first-order valence-electron chi connectivity index (χ1n) is 9.21. The van der Waals surface area contributed by atoms with E-state index in [4.69, 9.17) is 4.98 Å². The Kier molecular flexibility index (Phi) is 4.61. The second-order valence-corrected chi connectivity index (χ2v) is 6.92. The molecule has 6 heteroatoms. The molecule has 0 aliphatic rings. The number of anilines is 2. The summed E-state index contributed by atoms with van der Waals surface area (Å²) >= 11 is 0. The van der Waals surface area contributed by atoms with Crippen LogP contribution in [0.25, 0.3) is 22.6 Å². The molecule has 0 saturated heterocycles. The number of fused-ring (bicyclic) bond motifs is 1. The molecule has 6 nitrogen and oxygen atoms in total. The zero-order chi connectivity index (χ0) is 19.7. The number of carbonyl (C=O) groups is 1. The molecule has 0 spiro atoms. The van der Waals surface area contributed by atoms with Gasteiger partial charge in [0.15, 0.2) is 22.8 Å². The van der Waals surface area contributed by atoms with Crippen molar-refractivity contribution in [3.8, 4) is 11.4 Å². The van der Waals surface area contributed by atoms with Gasteiger partial charge in [-0.25, -0.2) is 15.0 Å². The summed E-state index contributed by atoms with van der Waals surface area (Å²) in [6.07, 6.45) is 1.55. The van der Waals surface area contributed by atoms with Crippen LogP contribution in [0.1, 0.15) is 37.2 Å². The quantitative estimate of drug-likeness (QED) is 0.499. The molecule has 0 fully saturated rings. The maximum Gasteiger partial charge on any atom is 0.166 e. The fraction of sp³-hybridized carbons (Fsp3) is 0.182. The molecule has 0 saturated carbocycles. The predicted octanol–water partition coefficient (Wildman–Crippen LogP) is 5.02. The summed E-state index contributed by atoms with van der Waals surface area (Å²) in [5, 5.41) is 3.33. The predicted molar refractivity (Wildman–Crippen MR) is 111 cm³/mol. The summed E-state index contributed by atoms with van der Waals surface area (Å²) in [5.74, 6) is 1.45. The molecule has 140 valence electrons. The van der Waals surface area contributed by atoms with Crippen LogP contribution in [0.2, 0.25) is 0 Å². The number of Topliss-reactive ketones (excluding diaryl/α,β-unsaturated/α-hetero) is 1. The van der Waals surface area contributed by atoms with Gasteiger partial charge in [0.2, 0.25) is 0 Å². The normalized spacial score (nSPS) is 11.1. The largest absolute Gasteiger partial charge is 0.338 e. The lowest BCUT2D eigenvalue weighted by molar-refractivity contribution is 0.101. The Hall–Kier alpha value is -3.54. The topological polar surface area (TPSA) is 72.7 Å². The van der Waals surface area contributed by atoms with Crippen LogP contribution < -0.4 is 5.32 Å². The molecule has 0 amide bonds. The smallest absolute Gasteiger partial charge is 0.166 e. The van der Waals surface area contributed by atoms with Gasteiger partial charge in [0.1, 0.15) is 12.2 Å². The molecule has 0 atom stereocenters. The Morgan fingerprint density at radius 1 is 1.04 bits per heavy atom. The monoisotopic (exact) mass is 371 g/mol. The van der Waals surface area contributed by atoms with Crippen molar-refractivity contribution < 1.29 is 4.79 Å². The number of ketones is 1. The molecule has 0 unspecified atom stereocenters. The Bertz CT molecular complexity index is 1150. The minimum absolute atomic E-state index is 0.0280. The van der Waals surface area contributed by atoms with E-state index in [-0.39, 0.29) is 11.8 Å². The Morgan fingerprint density at radius 3 is 2.54 bits per heavy atom. The van der Waals surface area contributed by atoms with Crippen molar-refractivity contribution in [1.82, 2.24) is 19.5 Å². The number of para-hydroxylation sites is 1. The minimum Gasteiger partial charge on any atom is -0.338 e. The van der Waals surface area contributed by atoms with E-state index in [1.807, 2.05) is 54.6 Å². The molecule has 1 N–H and O–H groups in total. The fourth-order valence-corrected chi connectivity index (χ4v) is 3.23. The molecule has 2 aromatic carbocycles. The molecule has 0 bridgehead atoms. The first kappa shape index (κ1) is 17.9. The van der Waals surface area contributed by atoms with E-state index in [1.54, 1.807) is 13.3 Å². The molecular weight excluding hydrogens is 350 g/mol. The number of nitrogens with one attached hydrogen (secondary N) is 1. The number of carbonyl (C=O) groups excluding carboxylic acids is 1. The number of hydrogen-bond donors (Lipinski definition) is 1.